The zero-order valence-electron chi connectivity index (χ0n) is 30.9. The number of hydrogen-bond donors (Lipinski definition) is 3. The molecule has 4 unspecified atom stereocenters. The number of primary amides is 1. The molecule has 0 aromatic carbocycles. The van der Waals surface area contributed by atoms with Crippen LogP contribution in [0.3, 0.4) is 0 Å². The lowest BCUT2D eigenvalue weighted by Gasteiger charge is -2.32. The number of aliphatic hydroxyl groups excluding tert-OH is 2. The van der Waals surface area contributed by atoms with Gasteiger partial charge in [0, 0.05) is 13.8 Å². The van der Waals surface area contributed by atoms with Gasteiger partial charge in [-0.1, -0.05) is 0 Å². The molecule has 1 saturated heterocycles. The molecule has 1 amide bonds. The SMILES string of the molecule is CCOC(=O)C(COC(C)=O)(COP(=O)(OCC1OC(n2cnc(C(N)=O)n2)C(O)C1O)OCC(COC(C)=O)(C(=O)OCC)C(=O)OCC)C(=O)OCC. The Labute approximate surface area is 313 Å². The third-order valence-corrected chi connectivity index (χ3v) is 8.73. The van der Waals surface area contributed by atoms with Crippen molar-refractivity contribution < 1.29 is 95.1 Å². The molecule has 1 aliphatic heterocycles. The molecule has 1 aromatic rings. The number of nitrogens with two attached hydrogens (primary N) is 1. The van der Waals surface area contributed by atoms with Crippen molar-refractivity contribution in [3.8, 4) is 0 Å². The summed E-state index contributed by atoms with van der Waals surface area (Å²) < 4.78 is 67.3. The lowest BCUT2D eigenvalue weighted by molar-refractivity contribution is -0.182. The van der Waals surface area contributed by atoms with E-state index in [1.54, 1.807) is 0 Å². The first-order valence-corrected chi connectivity index (χ1v) is 18.0. The third-order valence-electron chi connectivity index (χ3n) is 7.37. The molecule has 0 spiro atoms. The summed E-state index contributed by atoms with van der Waals surface area (Å²) in [5, 5.41) is 25.2. The number of phosphoric ester groups is 1. The van der Waals surface area contributed by atoms with Crippen LogP contribution in [0.2, 0.25) is 0 Å². The summed E-state index contributed by atoms with van der Waals surface area (Å²) in [4.78, 5) is 91.9. The van der Waals surface area contributed by atoms with E-state index < -0.39 is 124 Å². The number of esters is 6. The van der Waals surface area contributed by atoms with Crippen LogP contribution in [0, 0.1) is 10.8 Å². The molecule has 310 valence electrons. The molecule has 0 aliphatic carbocycles. The van der Waals surface area contributed by atoms with Gasteiger partial charge in [0.25, 0.3) is 5.91 Å². The van der Waals surface area contributed by atoms with E-state index >= 15 is 0 Å². The Morgan fingerprint density at radius 3 is 1.49 bits per heavy atom. The van der Waals surface area contributed by atoms with Crippen molar-refractivity contribution in [1.82, 2.24) is 14.8 Å². The van der Waals surface area contributed by atoms with Crippen LogP contribution >= 0.6 is 7.82 Å². The lowest BCUT2D eigenvalue weighted by atomic mass is 9.90. The first kappa shape index (κ1) is 46.6. The molecule has 2 rings (SSSR count). The number of hydrogen-bond acceptors (Lipinski definition) is 22. The molecular weight excluding hydrogens is 767 g/mol. The lowest BCUT2D eigenvalue weighted by Crippen LogP contribution is -2.50. The topological polar surface area (TPSA) is 326 Å². The largest absolute Gasteiger partial charge is 0.474 e. The predicted molar refractivity (Wildman–Crippen MR) is 175 cm³/mol. The maximum Gasteiger partial charge on any atom is 0.474 e. The highest BCUT2D eigenvalue weighted by molar-refractivity contribution is 7.48. The normalized spacial score (nSPS) is 18.5. The highest BCUT2D eigenvalue weighted by Crippen LogP contribution is 2.53. The van der Waals surface area contributed by atoms with Crippen LogP contribution in [0.1, 0.15) is 58.4 Å². The molecule has 0 saturated carbocycles. The second-order valence-corrected chi connectivity index (χ2v) is 13.0. The highest BCUT2D eigenvalue weighted by Gasteiger charge is 2.56. The van der Waals surface area contributed by atoms with E-state index in [1.807, 2.05) is 0 Å². The molecule has 0 bridgehead atoms. The maximum atomic E-state index is 14.5. The van der Waals surface area contributed by atoms with E-state index in [9.17, 15) is 48.3 Å². The van der Waals surface area contributed by atoms with Gasteiger partial charge in [0.1, 0.15) is 37.9 Å². The van der Waals surface area contributed by atoms with Crippen LogP contribution in [0.4, 0.5) is 0 Å². The van der Waals surface area contributed by atoms with Crippen molar-refractivity contribution in [3.63, 3.8) is 0 Å². The van der Waals surface area contributed by atoms with E-state index in [-0.39, 0.29) is 26.4 Å². The number of carbonyl (C=O) groups is 7. The van der Waals surface area contributed by atoms with Crippen molar-refractivity contribution in [2.24, 2.45) is 16.6 Å². The zero-order valence-corrected chi connectivity index (χ0v) is 31.8. The van der Waals surface area contributed by atoms with Crippen molar-refractivity contribution in [3.05, 3.63) is 12.2 Å². The summed E-state index contributed by atoms with van der Waals surface area (Å²) in [5.74, 6) is -8.89. The van der Waals surface area contributed by atoms with E-state index in [4.69, 9.17) is 52.5 Å². The monoisotopic (exact) mass is 812 g/mol. The van der Waals surface area contributed by atoms with Crippen LogP contribution in [0.5, 0.6) is 0 Å². The van der Waals surface area contributed by atoms with Gasteiger partial charge in [-0.15, -0.1) is 5.10 Å². The van der Waals surface area contributed by atoms with Gasteiger partial charge in [-0.2, -0.15) is 0 Å². The first-order chi connectivity index (χ1) is 25.9. The van der Waals surface area contributed by atoms with E-state index in [0.29, 0.717) is 0 Å². The molecule has 1 aliphatic rings. The van der Waals surface area contributed by atoms with Crippen molar-refractivity contribution in [2.45, 2.75) is 66.1 Å². The number of aliphatic hydroxyl groups is 2. The predicted octanol–water partition coefficient (Wildman–Crippen LogP) is -1.49. The van der Waals surface area contributed by atoms with Gasteiger partial charge in [-0.05, 0) is 27.7 Å². The van der Waals surface area contributed by atoms with Gasteiger partial charge in [-0.25, -0.2) is 14.2 Å². The zero-order chi connectivity index (χ0) is 41.6. The molecule has 1 aromatic heterocycles. The van der Waals surface area contributed by atoms with Gasteiger partial charge >= 0.3 is 43.6 Å². The molecule has 2 heterocycles. The fourth-order valence-corrected chi connectivity index (χ4v) is 5.81. The Hall–Kier alpha value is -4.58. The summed E-state index contributed by atoms with van der Waals surface area (Å²) in [6, 6.07) is 0. The molecular formula is C30H45N4O20P. The summed E-state index contributed by atoms with van der Waals surface area (Å²) in [5.41, 5.74) is -0.211. The van der Waals surface area contributed by atoms with Crippen molar-refractivity contribution in [2.75, 3.05) is 59.5 Å². The number of rotatable bonds is 23. The van der Waals surface area contributed by atoms with Crippen LogP contribution in [0.15, 0.2) is 6.33 Å². The Morgan fingerprint density at radius 2 is 1.15 bits per heavy atom. The minimum absolute atomic E-state index is 0.310. The molecule has 4 atom stereocenters. The number of amides is 1. The van der Waals surface area contributed by atoms with E-state index in [2.05, 4.69) is 10.1 Å². The Morgan fingerprint density at radius 1 is 0.727 bits per heavy atom. The number of carbonyl (C=O) groups excluding carboxylic acids is 7. The second kappa shape index (κ2) is 20.9. The summed E-state index contributed by atoms with van der Waals surface area (Å²) in [7, 11) is -5.42. The van der Waals surface area contributed by atoms with Crippen LogP contribution in [-0.2, 0) is 80.1 Å². The van der Waals surface area contributed by atoms with Crippen LogP contribution < -0.4 is 5.73 Å². The van der Waals surface area contributed by atoms with Gasteiger partial charge in [0.2, 0.25) is 16.7 Å². The first-order valence-electron chi connectivity index (χ1n) is 16.6. The van der Waals surface area contributed by atoms with Crippen molar-refractivity contribution >= 4 is 49.5 Å². The van der Waals surface area contributed by atoms with Crippen LogP contribution in [0.25, 0.3) is 0 Å². The van der Waals surface area contributed by atoms with E-state index in [1.165, 1.54) is 27.7 Å². The summed E-state index contributed by atoms with van der Waals surface area (Å²) >= 11 is 0. The van der Waals surface area contributed by atoms with Crippen molar-refractivity contribution in [1.29, 1.82) is 0 Å². The van der Waals surface area contributed by atoms with Gasteiger partial charge in [-0.3, -0.25) is 47.1 Å². The Kier molecular flexibility index (Phi) is 17.7. The highest BCUT2D eigenvalue weighted by atomic mass is 31.2. The molecule has 25 heteroatoms. The average molecular weight is 813 g/mol. The smallest absolute Gasteiger partial charge is 0.465 e. The van der Waals surface area contributed by atoms with Gasteiger partial charge in [0.05, 0.1) is 46.2 Å². The average Bonchev–Trinajstić information content (AvgIpc) is 3.72. The number of phosphoric acid groups is 1. The Balaban J connectivity index is 2.63. The molecule has 24 nitrogen and oxygen atoms in total. The van der Waals surface area contributed by atoms with Gasteiger partial charge in [0.15, 0.2) is 6.23 Å². The third kappa shape index (κ3) is 12.0. The fraction of sp³-hybridized carbons (Fsp3) is 0.700. The molecule has 4 N–H and O–H groups in total. The molecule has 1 fully saturated rings. The fourth-order valence-electron chi connectivity index (χ4n) is 4.50. The molecule has 55 heavy (non-hydrogen) atoms. The minimum Gasteiger partial charge on any atom is -0.465 e. The number of aromatic nitrogens is 3. The number of ether oxygens (including phenoxy) is 7. The minimum atomic E-state index is -5.42. The van der Waals surface area contributed by atoms with E-state index in [0.717, 1.165) is 24.9 Å². The summed E-state index contributed by atoms with van der Waals surface area (Å²) in [6.45, 7) is 0.369. The number of nitrogens with zero attached hydrogens (tertiary/aromatic N) is 3. The Bertz CT molecular complexity index is 1480. The standard InChI is InChI=1S/C30H45N4O20P/c1-7-45-25(40)29(12-49-17(5)35,26(41)46-8-2)14-52-55(44,53-15-30(13-50-18(6)36,27(42)47-9-3)28(43)48-10-4)51-11-19-20(37)21(38)24(54-19)34-16-32-23(33-34)22(31)39/h16,19-21,24,37-38H,7-15H2,1-6H3,(H2,31,39). The quantitative estimate of drug-likeness (QED) is 0.0490. The maximum absolute atomic E-state index is 14.5. The van der Waals surface area contributed by atoms with Gasteiger partial charge < -0.3 is 49.1 Å². The second-order valence-electron chi connectivity index (χ2n) is 11.4. The molecule has 0 radical (unpaired) electrons. The van der Waals surface area contributed by atoms with Crippen LogP contribution in [-0.4, -0.2) is 144 Å². The summed E-state index contributed by atoms with van der Waals surface area (Å²) in [6.07, 6.45) is -5.77.